The zero-order chi connectivity index (χ0) is 19.4. The van der Waals surface area contributed by atoms with Crippen molar-refractivity contribution in [3.8, 4) is 10.6 Å². The van der Waals surface area contributed by atoms with E-state index in [1.54, 1.807) is 36.0 Å². The number of hydrogen-bond acceptors (Lipinski definition) is 5. The number of rotatable bonds is 3. The van der Waals surface area contributed by atoms with E-state index >= 15 is 0 Å². The van der Waals surface area contributed by atoms with Crippen LogP contribution in [0.15, 0.2) is 24.3 Å². The minimum Gasteiger partial charge on any atom is -0.341 e. The van der Waals surface area contributed by atoms with Crippen LogP contribution in [0.5, 0.6) is 0 Å². The number of nitrogens with one attached hydrogen (secondary N) is 2. The van der Waals surface area contributed by atoms with Crippen molar-refractivity contribution in [2.45, 2.75) is 18.9 Å². The first-order valence-corrected chi connectivity index (χ1v) is 9.39. The molecule has 27 heavy (non-hydrogen) atoms. The molecule has 0 saturated carbocycles. The summed E-state index contributed by atoms with van der Waals surface area (Å²) in [5.74, 6) is -0.351. The number of urea groups is 2. The van der Waals surface area contributed by atoms with Gasteiger partial charge in [-0.3, -0.25) is 5.32 Å². The zero-order valence-corrected chi connectivity index (χ0v) is 15.9. The van der Waals surface area contributed by atoms with E-state index in [4.69, 9.17) is 0 Å². The molecule has 10 heteroatoms. The fraction of sp³-hybridized carbons (Fsp3) is 0.412. The number of nitrogens with zero attached hydrogens (tertiary/aromatic N) is 4. The molecule has 1 saturated heterocycles. The molecule has 4 amide bonds. The predicted molar refractivity (Wildman–Crippen MR) is 101 cm³/mol. The monoisotopic (exact) mass is 392 g/mol. The standard InChI is InChI=1S/C17H21FN6O2S/c1-19-16(25)24-8-6-13(7-9-24)23(2)17(26)20-15-22-21-14(27-15)11-4-3-5-12(18)10-11/h3-5,10,13H,6-9H2,1-2H3,(H,19,25)(H,20,22,26). The third-order valence-corrected chi connectivity index (χ3v) is 5.43. The lowest BCUT2D eigenvalue weighted by atomic mass is 10.0. The highest BCUT2D eigenvalue weighted by Crippen LogP contribution is 2.27. The summed E-state index contributed by atoms with van der Waals surface area (Å²) in [6.45, 7) is 1.20. The summed E-state index contributed by atoms with van der Waals surface area (Å²) >= 11 is 1.19. The van der Waals surface area contributed by atoms with Crippen molar-refractivity contribution in [3.05, 3.63) is 30.1 Å². The van der Waals surface area contributed by atoms with Crippen LogP contribution in [0.2, 0.25) is 0 Å². The second-order valence-electron chi connectivity index (χ2n) is 6.24. The number of halogens is 1. The predicted octanol–water partition coefficient (Wildman–Crippen LogP) is 2.61. The summed E-state index contributed by atoms with van der Waals surface area (Å²) in [4.78, 5) is 27.5. The van der Waals surface area contributed by atoms with Crippen molar-refractivity contribution in [1.82, 2.24) is 25.3 Å². The Kier molecular flexibility index (Phi) is 5.84. The molecule has 0 aliphatic carbocycles. The third-order valence-electron chi connectivity index (χ3n) is 4.54. The van der Waals surface area contributed by atoms with E-state index in [-0.39, 0.29) is 23.9 Å². The van der Waals surface area contributed by atoms with Gasteiger partial charge in [0.1, 0.15) is 10.8 Å². The lowest BCUT2D eigenvalue weighted by Gasteiger charge is -2.36. The van der Waals surface area contributed by atoms with Gasteiger partial charge < -0.3 is 15.1 Å². The Morgan fingerprint density at radius 1 is 1.30 bits per heavy atom. The number of amides is 4. The van der Waals surface area contributed by atoms with Gasteiger partial charge in [-0.05, 0) is 25.0 Å². The number of likely N-dealkylation sites (tertiary alicyclic amines) is 1. The third kappa shape index (κ3) is 4.51. The molecule has 8 nitrogen and oxygen atoms in total. The number of carbonyl (C=O) groups is 2. The van der Waals surface area contributed by atoms with Gasteiger partial charge in [0.25, 0.3) is 0 Å². The average molecular weight is 392 g/mol. The maximum Gasteiger partial charge on any atom is 0.323 e. The van der Waals surface area contributed by atoms with Crippen LogP contribution in [0.25, 0.3) is 10.6 Å². The van der Waals surface area contributed by atoms with Crippen LogP contribution in [0.3, 0.4) is 0 Å². The number of hydrogen-bond donors (Lipinski definition) is 2. The molecule has 0 unspecified atom stereocenters. The molecule has 2 N–H and O–H groups in total. The maximum atomic E-state index is 13.3. The number of benzene rings is 1. The second kappa shape index (κ2) is 8.30. The van der Waals surface area contributed by atoms with Crippen molar-refractivity contribution in [3.63, 3.8) is 0 Å². The Morgan fingerprint density at radius 3 is 2.70 bits per heavy atom. The molecule has 0 bridgehead atoms. The first kappa shape index (κ1) is 19.0. The fourth-order valence-electron chi connectivity index (χ4n) is 2.97. The molecule has 1 aliphatic rings. The van der Waals surface area contributed by atoms with E-state index < -0.39 is 0 Å². The number of anilines is 1. The minimum absolute atomic E-state index is 0.0431. The van der Waals surface area contributed by atoms with Gasteiger partial charge in [0, 0.05) is 38.8 Å². The largest absolute Gasteiger partial charge is 0.341 e. The van der Waals surface area contributed by atoms with E-state index in [9.17, 15) is 14.0 Å². The van der Waals surface area contributed by atoms with E-state index in [2.05, 4.69) is 20.8 Å². The van der Waals surface area contributed by atoms with Gasteiger partial charge in [0.15, 0.2) is 0 Å². The highest BCUT2D eigenvalue weighted by molar-refractivity contribution is 7.18. The molecule has 0 radical (unpaired) electrons. The van der Waals surface area contributed by atoms with Crippen LogP contribution >= 0.6 is 11.3 Å². The normalized spacial score (nSPS) is 14.7. The Labute approximate surface area is 160 Å². The zero-order valence-electron chi connectivity index (χ0n) is 15.1. The van der Waals surface area contributed by atoms with Gasteiger partial charge in [-0.25, -0.2) is 14.0 Å². The van der Waals surface area contributed by atoms with Crippen molar-refractivity contribution in [1.29, 1.82) is 0 Å². The summed E-state index contributed by atoms with van der Waals surface area (Å²) in [7, 11) is 3.33. The van der Waals surface area contributed by atoms with Crippen LogP contribution in [0.1, 0.15) is 12.8 Å². The van der Waals surface area contributed by atoms with E-state index in [1.807, 2.05) is 0 Å². The summed E-state index contributed by atoms with van der Waals surface area (Å²) in [5, 5.41) is 14.2. The molecule has 3 rings (SSSR count). The van der Waals surface area contributed by atoms with Gasteiger partial charge in [0.05, 0.1) is 0 Å². The summed E-state index contributed by atoms with van der Waals surface area (Å²) in [6, 6.07) is 5.73. The fourth-order valence-corrected chi connectivity index (χ4v) is 3.70. The van der Waals surface area contributed by atoms with Crippen LogP contribution in [0.4, 0.5) is 19.1 Å². The van der Waals surface area contributed by atoms with Crippen molar-refractivity contribution in [2.24, 2.45) is 0 Å². The van der Waals surface area contributed by atoms with Gasteiger partial charge in [-0.1, -0.05) is 23.5 Å². The Hall–Kier alpha value is -2.75. The molecule has 1 fully saturated rings. The van der Waals surface area contributed by atoms with Gasteiger partial charge in [-0.15, -0.1) is 10.2 Å². The Bertz CT molecular complexity index is 821. The molecule has 2 aromatic rings. The molecular formula is C17H21FN6O2S. The Balaban J connectivity index is 1.57. The van der Waals surface area contributed by atoms with E-state index in [1.165, 1.54) is 23.5 Å². The van der Waals surface area contributed by atoms with Gasteiger partial charge in [0.2, 0.25) is 5.13 Å². The van der Waals surface area contributed by atoms with E-state index in [0.717, 1.165) is 0 Å². The SMILES string of the molecule is CNC(=O)N1CCC(N(C)C(=O)Nc2nnc(-c3cccc(F)c3)s2)CC1. The topological polar surface area (TPSA) is 90.5 Å². The molecule has 0 spiro atoms. The summed E-state index contributed by atoms with van der Waals surface area (Å²) < 4.78 is 13.3. The van der Waals surface area contributed by atoms with Crippen LogP contribution in [0, 0.1) is 5.82 Å². The highest BCUT2D eigenvalue weighted by atomic mass is 32.1. The smallest absolute Gasteiger partial charge is 0.323 e. The van der Waals surface area contributed by atoms with Crippen molar-refractivity contribution in [2.75, 3.05) is 32.5 Å². The highest BCUT2D eigenvalue weighted by Gasteiger charge is 2.27. The second-order valence-corrected chi connectivity index (χ2v) is 7.21. The van der Waals surface area contributed by atoms with Crippen LogP contribution < -0.4 is 10.6 Å². The van der Waals surface area contributed by atoms with Gasteiger partial charge >= 0.3 is 12.1 Å². The first-order chi connectivity index (χ1) is 13.0. The molecule has 1 aliphatic heterocycles. The van der Waals surface area contributed by atoms with Crippen molar-refractivity contribution >= 4 is 28.5 Å². The number of piperidine rings is 1. The van der Waals surface area contributed by atoms with Crippen LogP contribution in [-0.2, 0) is 0 Å². The summed E-state index contributed by atoms with van der Waals surface area (Å²) in [6.07, 6.45) is 1.42. The number of aromatic nitrogens is 2. The Morgan fingerprint density at radius 2 is 2.04 bits per heavy atom. The minimum atomic E-state index is -0.351. The molecular weight excluding hydrogens is 371 g/mol. The molecule has 0 atom stereocenters. The van der Waals surface area contributed by atoms with Gasteiger partial charge in [-0.2, -0.15) is 0 Å². The van der Waals surface area contributed by atoms with Crippen molar-refractivity contribution < 1.29 is 14.0 Å². The lowest BCUT2D eigenvalue weighted by Crippen LogP contribution is -2.50. The average Bonchev–Trinajstić information content (AvgIpc) is 3.15. The maximum absolute atomic E-state index is 13.3. The molecule has 1 aromatic carbocycles. The number of carbonyl (C=O) groups excluding carboxylic acids is 2. The lowest BCUT2D eigenvalue weighted by molar-refractivity contribution is 0.146. The molecule has 2 heterocycles. The first-order valence-electron chi connectivity index (χ1n) is 8.58. The van der Waals surface area contributed by atoms with Crippen LogP contribution in [-0.4, -0.2) is 65.3 Å². The quantitative estimate of drug-likeness (QED) is 0.840. The molecule has 144 valence electrons. The van der Waals surface area contributed by atoms with E-state index in [0.29, 0.717) is 41.6 Å². The molecule has 1 aromatic heterocycles. The summed E-state index contributed by atoms with van der Waals surface area (Å²) in [5.41, 5.74) is 0.614.